The van der Waals surface area contributed by atoms with E-state index in [1.807, 2.05) is 29.2 Å². The number of nitrogens with zero attached hydrogens (tertiary/aromatic N) is 2. The Balaban J connectivity index is 0.00000484. The van der Waals surface area contributed by atoms with E-state index in [1.54, 1.807) is 36.4 Å². The van der Waals surface area contributed by atoms with Crippen LogP contribution >= 0.6 is 24.0 Å². The number of urea groups is 1. The van der Waals surface area contributed by atoms with Crippen molar-refractivity contribution in [2.75, 3.05) is 35.9 Å². The summed E-state index contributed by atoms with van der Waals surface area (Å²) in [6.45, 7) is 5.37. The summed E-state index contributed by atoms with van der Waals surface area (Å²) in [5.41, 5.74) is 2.17. The van der Waals surface area contributed by atoms with E-state index in [2.05, 4.69) is 21.9 Å². The van der Waals surface area contributed by atoms with E-state index in [1.165, 1.54) is 11.6 Å². The summed E-state index contributed by atoms with van der Waals surface area (Å²) in [6, 6.07) is 19.4. The molecule has 0 aliphatic carbocycles. The van der Waals surface area contributed by atoms with E-state index in [0.29, 0.717) is 29.4 Å². The Labute approximate surface area is 259 Å². The Morgan fingerprint density at radius 2 is 1.62 bits per heavy atom. The molecule has 4 rings (SSSR count). The molecule has 12 heteroatoms. The van der Waals surface area contributed by atoms with Crippen molar-refractivity contribution in [3.8, 4) is 17.2 Å². The van der Waals surface area contributed by atoms with Gasteiger partial charge in [0.2, 0.25) is 10.0 Å². The van der Waals surface area contributed by atoms with E-state index in [4.69, 9.17) is 16.3 Å². The van der Waals surface area contributed by atoms with Crippen LogP contribution in [-0.2, 0) is 16.6 Å². The van der Waals surface area contributed by atoms with Crippen LogP contribution in [0, 0.1) is 0 Å². The van der Waals surface area contributed by atoms with Gasteiger partial charge in [-0.2, -0.15) is 0 Å². The highest BCUT2D eigenvalue weighted by Gasteiger charge is 2.28. The maximum atomic E-state index is 13.2. The maximum absolute atomic E-state index is 13.2. The zero-order chi connectivity index (χ0) is 29.4. The van der Waals surface area contributed by atoms with E-state index < -0.39 is 10.0 Å². The molecular formula is C30H38Cl2N4O5S. The summed E-state index contributed by atoms with van der Waals surface area (Å²) in [5, 5.41) is 13.0. The lowest BCUT2D eigenvalue weighted by atomic mass is 10.0. The van der Waals surface area contributed by atoms with Gasteiger partial charge in [0.25, 0.3) is 0 Å². The van der Waals surface area contributed by atoms with Crippen LogP contribution in [0.5, 0.6) is 17.2 Å². The third-order valence-corrected chi connectivity index (χ3v) is 7.86. The smallest absolute Gasteiger partial charge is 0.322 e. The number of halogens is 2. The minimum atomic E-state index is -3.32. The van der Waals surface area contributed by atoms with Crippen molar-refractivity contribution >= 4 is 51.4 Å². The number of carbonyl (C=O) groups excluding carboxylic acids is 1. The molecule has 0 atom stereocenters. The van der Waals surface area contributed by atoms with Crippen molar-refractivity contribution in [3.63, 3.8) is 0 Å². The van der Waals surface area contributed by atoms with Crippen molar-refractivity contribution in [1.29, 1.82) is 0 Å². The monoisotopic (exact) mass is 636 g/mol. The molecule has 1 aliphatic rings. The molecule has 1 aliphatic heterocycles. The fourth-order valence-electron chi connectivity index (χ4n) is 4.82. The predicted octanol–water partition coefficient (Wildman–Crippen LogP) is 6.93. The zero-order valence-electron chi connectivity index (χ0n) is 23.8. The second kappa shape index (κ2) is 15.3. The number of ether oxygens (including phenoxy) is 1. The second-order valence-corrected chi connectivity index (χ2v) is 12.5. The van der Waals surface area contributed by atoms with Crippen LogP contribution in [0.4, 0.5) is 16.2 Å². The van der Waals surface area contributed by atoms with Crippen molar-refractivity contribution < 1.29 is 23.1 Å². The lowest BCUT2D eigenvalue weighted by Gasteiger charge is -2.38. The first kappa shape index (κ1) is 33.3. The summed E-state index contributed by atoms with van der Waals surface area (Å²) in [5.74, 6) is 1.25. The lowest BCUT2D eigenvalue weighted by molar-refractivity contribution is 0.122. The highest BCUT2D eigenvalue weighted by atomic mass is 35.5. The third-order valence-electron chi connectivity index (χ3n) is 6.93. The zero-order valence-corrected chi connectivity index (χ0v) is 26.1. The molecule has 0 aromatic heterocycles. The number of hydrogen-bond donors (Lipinski definition) is 3. The van der Waals surface area contributed by atoms with E-state index in [9.17, 15) is 18.3 Å². The summed E-state index contributed by atoms with van der Waals surface area (Å²) in [4.78, 5) is 17.5. The topological polar surface area (TPSA) is 111 Å². The number of anilines is 2. The average Bonchev–Trinajstić information content (AvgIpc) is 2.93. The number of phenolic OH excluding ortho intramolecular Hbond substituents is 1. The molecule has 1 fully saturated rings. The molecule has 3 aromatic carbocycles. The largest absolute Gasteiger partial charge is 0.506 e. The Morgan fingerprint density at radius 1 is 1.02 bits per heavy atom. The normalized spacial score (nSPS) is 14.1. The number of amides is 2. The van der Waals surface area contributed by atoms with E-state index in [-0.39, 0.29) is 35.3 Å². The number of unbranched alkanes of at least 4 members (excludes halogenated alkanes) is 1. The minimum Gasteiger partial charge on any atom is -0.506 e. The second-order valence-electron chi connectivity index (χ2n) is 10.3. The number of likely N-dealkylation sites (tertiary alicyclic amines) is 1. The summed E-state index contributed by atoms with van der Waals surface area (Å²) in [6.07, 6.45) is 4.80. The number of sulfonamides is 1. The van der Waals surface area contributed by atoms with Crippen molar-refractivity contribution in [2.45, 2.75) is 45.2 Å². The lowest BCUT2D eigenvalue weighted by Crippen LogP contribution is -2.49. The Morgan fingerprint density at radius 3 is 2.19 bits per heavy atom. The van der Waals surface area contributed by atoms with Gasteiger partial charge >= 0.3 is 6.03 Å². The highest BCUT2D eigenvalue weighted by molar-refractivity contribution is 7.92. The molecule has 3 aromatic rings. The molecule has 1 heterocycles. The Hall–Kier alpha value is -3.18. The van der Waals surface area contributed by atoms with Gasteiger partial charge in [0.05, 0.1) is 11.3 Å². The van der Waals surface area contributed by atoms with Crippen LogP contribution < -0.4 is 14.8 Å². The standard InChI is InChI=1S/C30H37ClN4O5S.ClH/c1-3-4-17-35(30(37)32-24-9-14-28(31)29(36)20-24)25-15-18-34(19-16-25)21-22-5-10-26(11-6-22)40-27-12-7-23(8-13-27)33-41(2,38)39;/h5-14,20,25,33,36H,3-4,15-19,21H2,1-2H3,(H,32,37);1H. The van der Waals surface area contributed by atoms with Crippen LogP contribution in [0.3, 0.4) is 0 Å². The molecule has 0 bridgehead atoms. The highest BCUT2D eigenvalue weighted by Crippen LogP contribution is 2.28. The summed E-state index contributed by atoms with van der Waals surface area (Å²) in [7, 11) is -3.32. The summed E-state index contributed by atoms with van der Waals surface area (Å²) >= 11 is 5.90. The van der Waals surface area contributed by atoms with Gasteiger partial charge in [-0.1, -0.05) is 37.1 Å². The molecule has 1 saturated heterocycles. The Bertz CT molecular complexity index is 1410. The van der Waals surface area contributed by atoms with Crippen LogP contribution in [0.25, 0.3) is 0 Å². The van der Waals surface area contributed by atoms with Gasteiger partial charge in [0.15, 0.2) is 0 Å². The molecule has 2 amide bonds. The number of phenols is 1. The fourth-order valence-corrected chi connectivity index (χ4v) is 5.50. The van der Waals surface area contributed by atoms with Gasteiger partial charge in [0.1, 0.15) is 17.2 Å². The van der Waals surface area contributed by atoms with E-state index >= 15 is 0 Å². The predicted molar refractivity (Wildman–Crippen MR) is 171 cm³/mol. The number of nitrogens with one attached hydrogen (secondary N) is 2. The SMILES string of the molecule is CCCCN(C(=O)Nc1ccc(Cl)c(O)c1)C1CCN(Cc2ccc(Oc3ccc(NS(C)(=O)=O)cc3)cc2)CC1.Cl. The number of rotatable bonds is 11. The fraction of sp³-hybridized carbons (Fsp3) is 0.367. The van der Waals surface area contributed by atoms with E-state index in [0.717, 1.165) is 51.6 Å². The van der Waals surface area contributed by atoms with Gasteiger partial charge in [0, 0.05) is 49.7 Å². The van der Waals surface area contributed by atoms with Crippen LogP contribution in [-0.4, -0.2) is 61.3 Å². The van der Waals surface area contributed by atoms with Crippen molar-refractivity contribution in [1.82, 2.24) is 9.80 Å². The first-order chi connectivity index (χ1) is 19.6. The number of hydrogen-bond acceptors (Lipinski definition) is 6. The van der Waals surface area contributed by atoms with Crippen molar-refractivity contribution in [2.24, 2.45) is 0 Å². The summed E-state index contributed by atoms with van der Waals surface area (Å²) < 4.78 is 31.1. The third kappa shape index (κ3) is 9.97. The Kier molecular flexibility index (Phi) is 12.2. The molecular weight excluding hydrogens is 599 g/mol. The average molecular weight is 638 g/mol. The first-order valence-corrected chi connectivity index (χ1v) is 16.0. The molecule has 0 unspecified atom stereocenters. The quantitative estimate of drug-likeness (QED) is 0.210. The van der Waals surface area contributed by atoms with Gasteiger partial charge in [-0.05, 0) is 73.4 Å². The van der Waals surface area contributed by atoms with Gasteiger partial charge < -0.3 is 20.1 Å². The van der Waals surface area contributed by atoms with Gasteiger partial charge in [-0.15, -0.1) is 12.4 Å². The molecule has 9 nitrogen and oxygen atoms in total. The number of aromatic hydroxyl groups is 1. The maximum Gasteiger partial charge on any atom is 0.322 e. The molecule has 228 valence electrons. The minimum absolute atomic E-state index is 0. The molecule has 0 radical (unpaired) electrons. The van der Waals surface area contributed by atoms with Crippen LogP contribution in [0.2, 0.25) is 5.02 Å². The molecule has 42 heavy (non-hydrogen) atoms. The number of piperidine rings is 1. The first-order valence-electron chi connectivity index (χ1n) is 13.7. The molecule has 0 spiro atoms. The van der Waals surface area contributed by atoms with Crippen LogP contribution in [0.15, 0.2) is 66.7 Å². The van der Waals surface area contributed by atoms with Crippen LogP contribution in [0.1, 0.15) is 38.2 Å². The number of carbonyl (C=O) groups is 1. The number of benzene rings is 3. The van der Waals surface area contributed by atoms with Crippen molar-refractivity contribution in [3.05, 3.63) is 77.3 Å². The van der Waals surface area contributed by atoms with Gasteiger partial charge in [-0.25, -0.2) is 13.2 Å². The van der Waals surface area contributed by atoms with Gasteiger partial charge in [-0.3, -0.25) is 9.62 Å². The molecule has 3 N–H and O–H groups in total. The molecule has 0 saturated carbocycles.